The molecular formula is C54H105NO5. The van der Waals surface area contributed by atoms with Crippen LogP contribution in [0.1, 0.15) is 296 Å². The molecule has 0 saturated heterocycles. The second kappa shape index (κ2) is 50.2. The average Bonchev–Trinajstić information content (AvgIpc) is 3.25. The number of unbranched alkanes of at least 4 members (excludes halogenated alkanes) is 37. The van der Waals surface area contributed by atoms with Gasteiger partial charge in [-0.25, -0.2) is 0 Å². The highest BCUT2D eigenvalue weighted by molar-refractivity contribution is 5.76. The monoisotopic (exact) mass is 848 g/mol. The van der Waals surface area contributed by atoms with E-state index in [1.54, 1.807) is 0 Å². The number of esters is 1. The number of allylic oxidation sites excluding steroid dienone is 2. The Balaban J connectivity index is 3.35. The molecule has 0 saturated carbocycles. The first-order valence-electron chi connectivity index (χ1n) is 26.9. The smallest absolute Gasteiger partial charge is 0.305 e. The summed E-state index contributed by atoms with van der Waals surface area (Å²) in [5, 5.41) is 23.1. The molecule has 2 unspecified atom stereocenters. The topological polar surface area (TPSA) is 95.9 Å². The summed E-state index contributed by atoms with van der Waals surface area (Å²) in [6.07, 6.45) is 57.7. The maximum Gasteiger partial charge on any atom is 0.305 e. The summed E-state index contributed by atoms with van der Waals surface area (Å²) in [6.45, 7) is 4.92. The van der Waals surface area contributed by atoms with Crippen LogP contribution >= 0.6 is 0 Å². The SMILES string of the molecule is CCCCCC/C=C\CCCCCCCC(=O)OCCCCCCCCCCCCCCCCCCCCCCCC(=O)NC(CO)C(O)CCCCCCCCCCC. The zero-order valence-electron chi connectivity index (χ0n) is 40.5. The fourth-order valence-corrected chi connectivity index (χ4v) is 8.40. The lowest BCUT2D eigenvalue weighted by molar-refractivity contribution is -0.143. The quantitative estimate of drug-likeness (QED) is 0.0322. The molecule has 6 heteroatoms. The summed E-state index contributed by atoms with van der Waals surface area (Å²) in [5.41, 5.74) is 0. The van der Waals surface area contributed by atoms with Gasteiger partial charge >= 0.3 is 5.97 Å². The lowest BCUT2D eigenvalue weighted by atomic mass is 10.0. The van der Waals surface area contributed by atoms with Crippen molar-refractivity contribution in [1.82, 2.24) is 5.32 Å². The molecule has 0 aliphatic heterocycles. The molecule has 356 valence electrons. The van der Waals surface area contributed by atoms with Crippen molar-refractivity contribution in [3.05, 3.63) is 12.2 Å². The van der Waals surface area contributed by atoms with Gasteiger partial charge in [0.15, 0.2) is 0 Å². The zero-order chi connectivity index (χ0) is 43.7. The molecule has 0 spiro atoms. The Kier molecular flexibility index (Phi) is 49.1. The van der Waals surface area contributed by atoms with Crippen LogP contribution in [0.25, 0.3) is 0 Å². The molecule has 60 heavy (non-hydrogen) atoms. The van der Waals surface area contributed by atoms with E-state index in [-0.39, 0.29) is 18.5 Å². The van der Waals surface area contributed by atoms with E-state index in [4.69, 9.17) is 4.74 Å². The molecule has 0 aromatic rings. The predicted molar refractivity (Wildman–Crippen MR) is 260 cm³/mol. The molecule has 0 aromatic carbocycles. The number of nitrogens with one attached hydrogen (secondary N) is 1. The van der Waals surface area contributed by atoms with Crippen molar-refractivity contribution in [2.24, 2.45) is 0 Å². The van der Waals surface area contributed by atoms with Crippen LogP contribution in [0, 0.1) is 0 Å². The lowest BCUT2D eigenvalue weighted by Gasteiger charge is -2.22. The zero-order valence-corrected chi connectivity index (χ0v) is 40.5. The number of rotatable bonds is 50. The Morgan fingerprint density at radius 2 is 0.783 bits per heavy atom. The Bertz CT molecular complexity index is 893. The highest BCUT2D eigenvalue weighted by atomic mass is 16.5. The van der Waals surface area contributed by atoms with Crippen molar-refractivity contribution < 1.29 is 24.5 Å². The normalized spacial score (nSPS) is 12.7. The molecule has 0 rings (SSSR count). The van der Waals surface area contributed by atoms with Gasteiger partial charge in [-0.2, -0.15) is 0 Å². The third kappa shape index (κ3) is 46.1. The summed E-state index contributed by atoms with van der Waals surface area (Å²) in [7, 11) is 0. The minimum atomic E-state index is -0.661. The van der Waals surface area contributed by atoms with Crippen LogP contribution in [0.4, 0.5) is 0 Å². The largest absolute Gasteiger partial charge is 0.466 e. The molecule has 0 aliphatic carbocycles. The van der Waals surface area contributed by atoms with Gasteiger partial charge in [-0.3, -0.25) is 9.59 Å². The van der Waals surface area contributed by atoms with Gasteiger partial charge in [-0.15, -0.1) is 0 Å². The van der Waals surface area contributed by atoms with E-state index in [0.29, 0.717) is 25.9 Å². The Morgan fingerprint density at radius 1 is 0.450 bits per heavy atom. The average molecular weight is 848 g/mol. The Hall–Kier alpha value is -1.40. The van der Waals surface area contributed by atoms with Crippen LogP contribution in [-0.4, -0.2) is 47.4 Å². The number of hydrogen-bond donors (Lipinski definition) is 3. The number of aliphatic hydroxyl groups is 2. The minimum absolute atomic E-state index is 0.00271. The van der Waals surface area contributed by atoms with Gasteiger partial charge in [0.25, 0.3) is 0 Å². The Morgan fingerprint density at radius 3 is 1.20 bits per heavy atom. The van der Waals surface area contributed by atoms with Gasteiger partial charge in [-0.1, -0.05) is 244 Å². The van der Waals surface area contributed by atoms with Crippen molar-refractivity contribution in [3.63, 3.8) is 0 Å². The summed E-state index contributed by atoms with van der Waals surface area (Å²) in [5.74, 6) is -0.0352. The summed E-state index contributed by atoms with van der Waals surface area (Å²) >= 11 is 0. The van der Waals surface area contributed by atoms with E-state index >= 15 is 0 Å². The fourth-order valence-electron chi connectivity index (χ4n) is 8.40. The molecule has 3 N–H and O–H groups in total. The Labute approximate surface area is 374 Å². The number of hydrogen-bond acceptors (Lipinski definition) is 5. The summed E-state index contributed by atoms with van der Waals surface area (Å²) < 4.78 is 5.46. The van der Waals surface area contributed by atoms with Crippen molar-refractivity contribution in [1.29, 1.82) is 0 Å². The highest BCUT2D eigenvalue weighted by Gasteiger charge is 2.20. The first-order valence-corrected chi connectivity index (χ1v) is 26.9. The van der Waals surface area contributed by atoms with Crippen LogP contribution in [-0.2, 0) is 14.3 Å². The molecule has 1 amide bonds. The van der Waals surface area contributed by atoms with Gasteiger partial charge in [-0.05, 0) is 51.4 Å². The first-order chi connectivity index (χ1) is 29.5. The first kappa shape index (κ1) is 58.6. The molecule has 2 atom stereocenters. The number of ether oxygens (including phenoxy) is 1. The maximum absolute atomic E-state index is 12.4. The molecule has 0 aromatic heterocycles. The van der Waals surface area contributed by atoms with Crippen LogP contribution < -0.4 is 5.32 Å². The van der Waals surface area contributed by atoms with E-state index in [1.165, 1.54) is 218 Å². The van der Waals surface area contributed by atoms with Crippen molar-refractivity contribution in [2.45, 2.75) is 309 Å². The molecule has 0 aliphatic rings. The van der Waals surface area contributed by atoms with Crippen LogP contribution in [0.15, 0.2) is 12.2 Å². The van der Waals surface area contributed by atoms with E-state index in [2.05, 4.69) is 31.3 Å². The standard InChI is InChI=1S/C54H105NO5/c1-3-5-7-9-11-13-14-24-28-32-36-40-44-48-54(59)60-49-45-41-37-33-29-26-23-21-19-17-15-16-18-20-22-25-27-31-35-39-43-47-53(58)55-51(50-56)52(57)46-42-38-34-30-12-10-8-6-4-2/h13-14,51-52,56-57H,3-12,15-50H2,1-2H3,(H,55,58)/b14-13-. The van der Waals surface area contributed by atoms with Gasteiger partial charge in [0.1, 0.15) is 0 Å². The van der Waals surface area contributed by atoms with Gasteiger partial charge in [0.05, 0.1) is 25.4 Å². The van der Waals surface area contributed by atoms with E-state index in [9.17, 15) is 19.8 Å². The minimum Gasteiger partial charge on any atom is -0.466 e. The predicted octanol–water partition coefficient (Wildman–Crippen LogP) is 16.1. The van der Waals surface area contributed by atoms with E-state index in [1.807, 2.05) is 0 Å². The van der Waals surface area contributed by atoms with Crippen LogP contribution in [0.3, 0.4) is 0 Å². The van der Waals surface area contributed by atoms with E-state index in [0.717, 1.165) is 44.9 Å². The fraction of sp³-hybridized carbons (Fsp3) is 0.926. The third-order valence-electron chi connectivity index (χ3n) is 12.6. The van der Waals surface area contributed by atoms with Crippen LogP contribution in [0.5, 0.6) is 0 Å². The van der Waals surface area contributed by atoms with Gasteiger partial charge in [0.2, 0.25) is 5.91 Å². The second-order valence-corrected chi connectivity index (χ2v) is 18.6. The van der Waals surface area contributed by atoms with Crippen molar-refractivity contribution in [2.75, 3.05) is 13.2 Å². The number of aliphatic hydroxyl groups excluding tert-OH is 2. The molecule has 0 radical (unpaired) electrons. The summed E-state index contributed by atoms with van der Waals surface area (Å²) in [6, 6.07) is -0.539. The molecular weight excluding hydrogens is 743 g/mol. The molecule has 0 heterocycles. The summed E-state index contributed by atoms with van der Waals surface area (Å²) in [4.78, 5) is 24.4. The number of carbonyl (C=O) groups is 2. The second-order valence-electron chi connectivity index (χ2n) is 18.6. The van der Waals surface area contributed by atoms with Gasteiger partial charge < -0.3 is 20.3 Å². The van der Waals surface area contributed by atoms with Crippen molar-refractivity contribution >= 4 is 11.9 Å². The lowest BCUT2D eigenvalue weighted by Crippen LogP contribution is -2.45. The molecule has 0 fully saturated rings. The highest BCUT2D eigenvalue weighted by Crippen LogP contribution is 2.17. The molecule has 6 nitrogen and oxygen atoms in total. The van der Waals surface area contributed by atoms with Gasteiger partial charge in [0, 0.05) is 12.8 Å². The molecule has 0 bridgehead atoms. The van der Waals surface area contributed by atoms with Crippen molar-refractivity contribution in [3.8, 4) is 0 Å². The van der Waals surface area contributed by atoms with E-state index < -0.39 is 12.1 Å². The maximum atomic E-state index is 12.4. The number of carbonyl (C=O) groups excluding carboxylic acids is 2. The van der Waals surface area contributed by atoms with Crippen LogP contribution in [0.2, 0.25) is 0 Å². The third-order valence-corrected chi connectivity index (χ3v) is 12.6. The number of amides is 1.